The van der Waals surface area contributed by atoms with E-state index in [9.17, 15) is 8.78 Å². The van der Waals surface area contributed by atoms with Crippen molar-refractivity contribution in [1.29, 1.82) is 0 Å². The van der Waals surface area contributed by atoms with E-state index < -0.39 is 12.0 Å². The highest BCUT2D eigenvalue weighted by molar-refractivity contribution is 5.77. The summed E-state index contributed by atoms with van der Waals surface area (Å²) in [6.07, 6.45) is 2.04. The van der Waals surface area contributed by atoms with Crippen LogP contribution in [0.3, 0.4) is 0 Å². The molecule has 7 heteroatoms. The number of aromatic nitrogens is 2. The molecule has 1 atom stereocenters. The molecule has 2 heterocycles. The summed E-state index contributed by atoms with van der Waals surface area (Å²) in [5.74, 6) is -2.33. The van der Waals surface area contributed by atoms with Gasteiger partial charge in [0.05, 0.1) is 11.6 Å². The first-order valence-electron chi connectivity index (χ1n) is 9.34. The SMILES string of the molecule is N[C@H](c1nc2c(F)c(C3CCOCC3)ccc2[nH]1)C1CCC(F)(F)CC1. The van der Waals surface area contributed by atoms with E-state index in [1.54, 1.807) is 0 Å². The molecular weight excluding hydrogens is 343 g/mol. The van der Waals surface area contributed by atoms with Crippen molar-refractivity contribution in [1.82, 2.24) is 9.97 Å². The van der Waals surface area contributed by atoms with Crippen molar-refractivity contribution >= 4 is 11.0 Å². The highest BCUT2D eigenvalue weighted by Crippen LogP contribution is 2.40. The standard InChI is InChI=1S/C19H24F3N3O/c20-15-13(11-5-9-26-10-6-11)1-2-14-17(15)25-18(24-14)16(23)12-3-7-19(21,22)8-4-12/h1-2,11-12,16H,3-10,23H2,(H,24,25)/t16-/m0/s1. The van der Waals surface area contributed by atoms with E-state index in [2.05, 4.69) is 9.97 Å². The van der Waals surface area contributed by atoms with Gasteiger partial charge in [-0.2, -0.15) is 0 Å². The number of imidazole rings is 1. The van der Waals surface area contributed by atoms with Crippen molar-refractivity contribution in [2.24, 2.45) is 11.7 Å². The second kappa shape index (κ2) is 6.85. The molecule has 1 saturated carbocycles. The van der Waals surface area contributed by atoms with E-state index in [0.717, 1.165) is 12.8 Å². The third-order valence-corrected chi connectivity index (χ3v) is 5.89. The van der Waals surface area contributed by atoms with Gasteiger partial charge in [-0.15, -0.1) is 0 Å². The highest BCUT2D eigenvalue weighted by Gasteiger charge is 2.38. The normalized spacial score (nSPS) is 23.4. The number of H-pyrrole nitrogens is 1. The van der Waals surface area contributed by atoms with Crippen LogP contribution in [0.25, 0.3) is 11.0 Å². The van der Waals surface area contributed by atoms with Gasteiger partial charge in [0.1, 0.15) is 11.3 Å². The van der Waals surface area contributed by atoms with Crippen molar-refractivity contribution in [2.45, 2.75) is 56.4 Å². The minimum absolute atomic E-state index is 0.0618. The van der Waals surface area contributed by atoms with Crippen molar-refractivity contribution < 1.29 is 17.9 Å². The Balaban J connectivity index is 1.58. The van der Waals surface area contributed by atoms with E-state index in [1.165, 1.54) is 0 Å². The molecule has 4 rings (SSSR count). The maximum atomic E-state index is 15.0. The van der Waals surface area contributed by atoms with Gasteiger partial charge in [0.25, 0.3) is 0 Å². The summed E-state index contributed by atoms with van der Waals surface area (Å²) in [6, 6.07) is 3.16. The third kappa shape index (κ3) is 3.34. The van der Waals surface area contributed by atoms with Gasteiger partial charge < -0.3 is 15.5 Å². The number of nitrogens with zero attached hydrogens (tertiary/aromatic N) is 1. The maximum Gasteiger partial charge on any atom is 0.248 e. The number of nitrogens with one attached hydrogen (secondary N) is 1. The molecule has 1 aromatic heterocycles. The molecule has 142 valence electrons. The molecule has 4 nitrogen and oxygen atoms in total. The molecule has 2 fully saturated rings. The molecule has 3 N–H and O–H groups in total. The fraction of sp³-hybridized carbons (Fsp3) is 0.632. The van der Waals surface area contributed by atoms with Crippen LogP contribution in [-0.2, 0) is 4.74 Å². The maximum absolute atomic E-state index is 15.0. The number of ether oxygens (including phenoxy) is 1. The van der Waals surface area contributed by atoms with Crippen LogP contribution >= 0.6 is 0 Å². The lowest BCUT2D eigenvalue weighted by Gasteiger charge is -2.31. The number of nitrogens with two attached hydrogens (primary N) is 1. The van der Waals surface area contributed by atoms with Gasteiger partial charge in [-0.3, -0.25) is 0 Å². The number of rotatable bonds is 3. The van der Waals surface area contributed by atoms with Gasteiger partial charge in [0.2, 0.25) is 5.92 Å². The fourth-order valence-corrected chi connectivity index (χ4v) is 4.20. The van der Waals surface area contributed by atoms with Gasteiger partial charge >= 0.3 is 0 Å². The van der Waals surface area contributed by atoms with Crippen molar-refractivity contribution in [3.8, 4) is 0 Å². The second-order valence-electron chi connectivity index (χ2n) is 7.59. The number of benzene rings is 1. The minimum Gasteiger partial charge on any atom is -0.381 e. The van der Waals surface area contributed by atoms with Crippen LogP contribution in [0.2, 0.25) is 0 Å². The molecule has 0 bridgehead atoms. The molecule has 26 heavy (non-hydrogen) atoms. The molecule has 0 radical (unpaired) electrons. The Morgan fingerprint density at radius 1 is 1.15 bits per heavy atom. The number of hydrogen-bond donors (Lipinski definition) is 2. The quantitative estimate of drug-likeness (QED) is 0.844. The van der Waals surface area contributed by atoms with Gasteiger partial charge in [0.15, 0.2) is 5.82 Å². The lowest BCUT2D eigenvalue weighted by Crippen LogP contribution is -2.31. The van der Waals surface area contributed by atoms with E-state index in [4.69, 9.17) is 10.5 Å². The summed E-state index contributed by atoms with van der Waals surface area (Å²) < 4.78 is 47.1. The van der Waals surface area contributed by atoms with Crippen LogP contribution in [0.5, 0.6) is 0 Å². The number of alkyl halides is 2. The first kappa shape index (κ1) is 17.8. The predicted molar refractivity (Wildman–Crippen MR) is 92.7 cm³/mol. The zero-order chi connectivity index (χ0) is 18.3. The Labute approximate surface area is 150 Å². The number of fused-ring (bicyclic) bond motifs is 1. The first-order chi connectivity index (χ1) is 12.4. The van der Waals surface area contributed by atoms with Crippen molar-refractivity contribution in [3.05, 3.63) is 29.3 Å². The number of hydrogen-bond acceptors (Lipinski definition) is 3. The predicted octanol–water partition coefficient (Wildman–Crippen LogP) is 4.42. The van der Waals surface area contributed by atoms with Gasteiger partial charge in [-0.05, 0) is 49.1 Å². The first-order valence-corrected chi connectivity index (χ1v) is 9.34. The van der Waals surface area contributed by atoms with Gasteiger partial charge in [-0.1, -0.05) is 6.07 Å². The molecule has 2 aliphatic rings. The second-order valence-corrected chi connectivity index (χ2v) is 7.59. The van der Waals surface area contributed by atoms with Crippen molar-refractivity contribution in [3.63, 3.8) is 0 Å². The van der Waals surface area contributed by atoms with Gasteiger partial charge in [0, 0.05) is 26.1 Å². The molecular formula is C19H24F3N3O. The topological polar surface area (TPSA) is 63.9 Å². The van der Waals surface area contributed by atoms with Crippen LogP contribution in [0, 0.1) is 11.7 Å². The van der Waals surface area contributed by atoms with E-state index in [-0.39, 0.29) is 30.5 Å². The smallest absolute Gasteiger partial charge is 0.248 e. The van der Waals surface area contributed by atoms with E-state index in [0.29, 0.717) is 48.5 Å². The Bertz CT molecular complexity index is 776. The van der Waals surface area contributed by atoms with Gasteiger partial charge in [-0.25, -0.2) is 18.2 Å². The summed E-state index contributed by atoms with van der Waals surface area (Å²) in [6.45, 7) is 1.29. The van der Waals surface area contributed by atoms with Crippen LogP contribution < -0.4 is 5.73 Å². The molecule has 0 unspecified atom stereocenters. The Morgan fingerprint density at radius 2 is 1.85 bits per heavy atom. The molecule has 2 aromatic rings. The monoisotopic (exact) mass is 367 g/mol. The van der Waals surface area contributed by atoms with Crippen LogP contribution in [-0.4, -0.2) is 29.1 Å². The van der Waals surface area contributed by atoms with E-state index in [1.807, 2.05) is 12.1 Å². The third-order valence-electron chi connectivity index (χ3n) is 5.89. The Kier molecular flexibility index (Phi) is 4.69. The Hall–Kier alpha value is -1.60. The summed E-state index contributed by atoms with van der Waals surface area (Å²) in [5, 5.41) is 0. The number of aromatic amines is 1. The molecule has 1 aromatic carbocycles. The largest absolute Gasteiger partial charge is 0.381 e. The summed E-state index contributed by atoms with van der Waals surface area (Å²) in [4.78, 5) is 7.50. The molecule has 1 aliphatic carbocycles. The lowest BCUT2D eigenvalue weighted by molar-refractivity contribution is -0.0486. The number of halogens is 3. The highest BCUT2D eigenvalue weighted by atomic mass is 19.3. The molecule has 1 saturated heterocycles. The Morgan fingerprint density at radius 3 is 2.54 bits per heavy atom. The summed E-state index contributed by atoms with van der Waals surface area (Å²) >= 11 is 0. The minimum atomic E-state index is -2.59. The van der Waals surface area contributed by atoms with Crippen molar-refractivity contribution in [2.75, 3.05) is 13.2 Å². The van der Waals surface area contributed by atoms with E-state index >= 15 is 4.39 Å². The van der Waals surface area contributed by atoms with Crippen LogP contribution in [0.1, 0.15) is 61.9 Å². The fourth-order valence-electron chi connectivity index (χ4n) is 4.20. The summed E-state index contributed by atoms with van der Waals surface area (Å²) in [5.41, 5.74) is 7.84. The van der Waals surface area contributed by atoms with Crippen LogP contribution in [0.4, 0.5) is 13.2 Å². The average Bonchev–Trinajstić information content (AvgIpc) is 3.07. The molecule has 1 aliphatic heterocycles. The zero-order valence-corrected chi connectivity index (χ0v) is 14.6. The molecule has 0 spiro atoms. The van der Waals surface area contributed by atoms with Crippen LogP contribution in [0.15, 0.2) is 12.1 Å². The average molecular weight is 367 g/mol. The zero-order valence-electron chi connectivity index (χ0n) is 14.6. The molecule has 0 amide bonds. The lowest BCUT2D eigenvalue weighted by atomic mass is 9.82. The summed E-state index contributed by atoms with van der Waals surface area (Å²) in [7, 11) is 0.